The van der Waals surface area contributed by atoms with Gasteiger partial charge in [-0.05, 0) is 42.2 Å². The Morgan fingerprint density at radius 3 is 2.62 bits per heavy atom. The van der Waals surface area contributed by atoms with Crippen molar-refractivity contribution in [1.82, 2.24) is 9.88 Å². The van der Waals surface area contributed by atoms with Crippen molar-refractivity contribution in [1.29, 1.82) is 0 Å². The fraction of sp³-hybridized carbons (Fsp3) is 0.400. The van der Waals surface area contributed by atoms with Gasteiger partial charge in [-0.2, -0.15) is 0 Å². The maximum Gasteiger partial charge on any atom is 0.223 e. The lowest BCUT2D eigenvalue weighted by Gasteiger charge is -2.36. The number of benzene rings is 1. The smallest absolute Gasteiger partial charge is 0.223 e. The number of anilines is 1. The van der Waals surface area contributed by atoms with Crippen molar-refractivity contribution in [3.8, 4) is 0 Å². The molecule has 0 spiro atoms. The summed E-state index contributed by atoms with van der Waals surface area (Å²) >= 11 is 0. The van der Waals surface area contributed by atoms with Crippen LogP contribution in [-0.4, -0.2) is 42.0 Å². The van der Waals surface area contributed by atoms with Gasteiger partial charge < -0.3 is 9.80 Å². The number of nitrogens with zero attached hydrogens (tertiary/aromatic N) is 3. The fourth-order valence-electron chi connectivity index (χ4n) is 3.22. The second-order valence-corrected chi connectivity index (χ2v) is 6.60. The highest BCUT2D eigenvalue weighted by Gasteiger charge is 2.23. The highest BCUT2D eigenvalue weighted by Crippen LogP contribution is 2.21. The molecule has 1 aromatic carbocycles. The fourth-order valence-corrected chi connectivity index (χ4v) is 3.22. The van der Waals surface area contributed by atoms with E-state index in [-0.39, 0.29) is 11.8 Å². The van der Waals surface area contributed by atoms with Gasteiger partial charge in [-0.3, -0.25) is 9.78 Å². The van der Waals surface area contributed by atoms with Gasteiger partial charge in [-0.25, -0.2) is 0 Å². The van der Waals surface area contributed by atoms with Gasteiger partial charge in [-0.15, -0.1) is 0 Å². The van der Waals surface area contributed by atoms with Crippen LogP contribution >= 0.6 is 0 Å². The largest absolute Gasteiger partial charge is 0.368 e. The van der Waals surface area contributed by atoms with Crippen molar-refractivity contribution >= 4 is 11.6 Å². The molecule has 2 aromatic rings. The van der Waals surface area contributed by atoms with Gasteiger partial charge in [-0.1, -0.05) is 25.1 Å². The predicted octanol–water partition coefficient (Wildman–Crippen LogP) is 3.23. The lowest BCUT2D eigenvalue weighted by Crippen LogP contribution is -2.49. The van der Waals surface area contributed by atoms with Crippen molar-refractivity contribution in [2.24, 2.45) is 0 Å². The molecule has 4 nitrogen and oxygen atoms in total. The van der Waals surface area contributed by atoms with Crippen LogP contribution in [0.25, 0.3) is 0 Å². The summed E-state index contributed by atoms with van der Waals surface area (Å²) in [7, 11) is 0. The number of hydrogen-bond donors (Lipinski definition) is 0. The summed E-state index contributed by atoms with van der Waals surface area (Å²) in [5.74, 6) is 0.455. The normalized spacial score (nSPS) is 16.1. The highest BCUT2D eigenvalue weighted by atomic mass is 16.2. The molecule has 1 aliphatic rings. The third-order valence-electron chi connectivity index (χ3n) is 4.73. The molecular formula is C20H25N3O. The summed E-state index contributed by atoms with van der Waals surface area (Å²) < 4.78 is 0. The maximum atomic E-state index is 12.6. The molecule has 1 aliphatic heterocycles. The van der Waals surface area contributed by atoms with Gasteiger partial charge in [0.05, 0.1) is 0 Å². The van der Waals surface area contributed by atoms with Crippen LogP contribution in [0, 0.1) is 6.92 Å². The summed E-state index contributed by atoms with van der Waals surface area (Å²) in [4.78, 5) is 21.1. The molecule has 1 unspecified atom stereocenters. The van der Waals surface area contributed by atoms with Crippen molar-refractivity contribution < 1.29 is 4.79 Å². The number of pyridine rings is 1. The SMILES string of the molecule is Cc1cccc(N2CCN(C(=O)CC(C)c3cccnc3)CC2)c1. The van der Waals surface area contributed by atoms with Gasteiger partial charge >= 0.3 is 0 Å². The molecular weight excluding hydrogens is 298 g/mol. The summed E-state index contributed by atoms with van der Waals surface area (Å²) in [6.45, 7) is 7.60. The third-order valence-corrected chi connectivity index (χ3v) is 4.73. The average Bonchev–Trinajstić information content (AvgIpc) is 2.62. The van der Waals surface area contributed by atoms with E-state index in [2.05, 4.69) is 48.0 Å². The predicted molar refractivity (Wildman–Crippen MR) is 97.2 cm³/mol. The maximum absolute atomic E-state index is 12.6. The highest BCUT2D eigenvalue weighted by molar-refractivity contribution is 5.77. The topological polar surface area (TPSA) is 36.4 Å². The summed E-state index contributed by atoms with van der Waals surface area (Å²) in [6, 6.07) is 12.5. The molecule has 1 saturated heterocycles. The van der Waals surface area contributed by atoms with Crippen LogP contribution in [-0.2, 0) is 4.79 Å². The Morgan fingerprint density at radius 2 is 1.96 bits per heavy atom. The molecule has 24 heavy (non-hydrogen) atoms. The van der Waals surface area contributed by atoms with E-state index in [1.165, 1.54) is 11.3 Å². The average molecular weight is 323 g/mol. The Hall–Kier alpha value is -2.36. The lowest BCUT2D eigenvalue weighted by molar-refractivity contribution is -0.131. The number of carbonyl (C=O) groups excluding carboxylic acids is 1. The molecule has 1 atom stereocenters. The van der Waals surface area contributed by atoms with E-state index in [9.17, 15) is 4.79 Å². The van der Waals surface area contributed by atoms with Gasteiger partial charge in [0.1, 0.15) is 0 Å². The quantitative estimate of drug-likeness (QED) is 0.867. The van der Waals surface area contributed by atoms with Crippen molar-refractivity contribution in [2.75, 3.05) is 31.1 Å². The lowest BCUT2D eigenvalue weighted by atomic mass is 9.99. The number of piperazine rings is 1. The molecule has 0 bridgehead atoms. The van der Waals surface area contributed by atoms with Crippen LogP contribution in [0.15, 0.2) is 48.8 Å². The molecule has 4 heteroatoms. The molecule has 0 aliphatic carbocycles. The van der Waals surface area contributed by atoms with Gasteiger partial charge in [0.2, 0.25) is 5.91 Å². The first kappa shape index (κ1) is 16.5. The minimum absolute atomic E-state index is 0.209. The zero-order valence-corrected chi connectivity index (χ0v) is 14.5. The van der Waals surface area contributed by atoms with Crippen LogP contribution in [0.1, 0.15) is 30.4 Å². The van der Waals surface area contributed by atoms with E-state index in [1.54, 1.807) is 6.20 Å². The van der Waals surface area contributed by atoms with E-state index in [0.717, 1.165) is 31.7 Å². The molecule has 0 radical (unpaired) electrons. The first-order chi connectivity index (χ1) is 11.6. The van der Waals surface area contributed by atoms with E-state index in [1.807, 2.05) is 23.2 Å². The standard InChI is InChI=1S/C20H25N3O/c1-16-5-3-7-19(13-16)22-9-11-23(12-10-22)20(24)14-17(2)18-6-4-8-21-15-18/h3-8,13,15,17H,9-12,14H2,1-2H3. The second-order valence-electron chi connectivity index (χ2n) is 6.60. The first-order valence-corrected chi connectivity index (χ1v) is 8.63. The van der Waals surface area contributed by atoms with Crippen LogP contribution in [0.3, 0.4) is 0 Å². The number of aromatic nitrogens is 1. The summed E-state index contributed by atoms with van der Waals surface area (Å²) in [5, 5.41) is 0. The number of amides is 1. The van der Waals surface area contributed by atoms with E-state index in [0.29, 0.717) is 6.42 Å². The summed E-state index contributed by atoms with van der Waals surface area (Å²) in [6.07, 6.45) is 4.17. The van der Waals surface area contributed by atoms with Crippen LogP contribution in [0.2, 0.25) is 0 Å². The van der Waals surface area contributed by atoms with Gasteiger partial charge in [0.15, 0.2) is 0 Å². The van der Waals surface area contributed by atoms with Crippen LogP contribution in [0.5, 0.6) is 0 Å². The number of aryl methyl sites for hydroxylation is 1. The van der Waals surface area contributed by atoms with Crippen LogP contribution < -0.4 is 4.90 Å². The minimum Gasteiger partial charge on any atom is -0.368 e. The van der Waals surface area contributed by atoms with E-state index >= 15 is 0 Å². The van der Waals surface area contributed by atoms with Crippen molar-refractivity contribution in [3.05, 3.63) is 59.9 Å². The monoisotopic (exact) mass is 323 g/mol. The zero-order valence-electron chi connectivity index (χ0n) is 14.5. The number of hydrogen-bond acceptors (Lipinski definition) is 3. The molecule has 3 rings (SSSR count). The summed E-state index contributed by atoms with van der Waals surface area (Å²) in [5.41, 5.74) is 3.66. The molecule has 126 valence electrons. The molecule has 1 amide bonds. The Balaban J connectivity index is 1.53. The first-order valence-electron chi connectivity index (χ1n) is 8.63. The number of carbonyl (C=O) groups is 1. The van der Waals surface area contributed by atoms with Gasteiger partial charge in [0, 0.05) is 50.7 Å². The van der Waals surface area contributed by atoms with Crippen molar-refractivity contribution in [3.63, 3.8) is 0 Å². The molecule has 2 heterocycles. The molecule has 1 aromatic heterocycles. The Kier molecular flexibility index (Phi) is 5.14. The Morgan fingerprint density at radius 1 is 1.17 bits per heavy atom. The Bertz CT molecular complexity index is 678. The number of rotatable bonds is 4. The Labute approximate surface area is 144 Å². The third kappa shape index (κ3) is 3.94. The second kappa shape index (κ2) is 7.47. The molecule has 0 N–H and O–H groups in total. The van der Waals surface area contributed by atoms with Crippen LogP contribution in [0.4, 0.5) is 5.69 Å². The van der Waals surface area contributed by atoms with E-state index < -0.39 is 0 Å². The van der Waals surface area contributed by atoms with E-state index in [4.69, 9.17) is 0 Å². The molecule has 1 fully saturated rings. The minimum atomic E-state index is 0.209. The van der Waals surface area contributed by atoms with Crippen molar-refractivity contribution in [2.45, 2.75) is 26.2 Å². The van der Waals surface area contributed by atoms with Gasteiger partial charge in [0.25, 0.3) is 0 Å². The zero-order chi connectivity index (χ0) is 16.9. The molecule has 0 saturated carbocycles.